The van der Waals surface area contributed by atoms with Crippen LogP contribution in [0, 0.1) is 30.1 Å². The predicted molar refractivity (Wildman–Crippen MR) is 160 cm³/mol. The summed E-state index contributed by atoms with van der Waals surface area (Å²) in [6.07, 6.45) is 4.87. The maximum Gasteiger partial charge on any atom is 0.276 e. The van der Waals surface area contributed by atoms with Gasteiger partial charge in [-0.05, 0) is 88.8 Å². The van der Waals surface area contributed by atoms with E-state index in [0.29, 0.717) is 61.5 Å². The van der Waals surface area contributed by atoms with Gasteiger partial charge < -0.3 is 19.7 Å². The van der Waals surface area contributed by atoms with E-state index in [1.54, 1.807) is 15.9 Å². The van der Waals surface area contributed by atoms with Crippen molar-refractivity contribution in [2.45, 2.75) is 89.4 Å². The molecular weight excluding hydrogens is 560 g/mol. The molecule has 3 amide bonds. The Kier molecular flexibility index (Phi) is 7.35. The number of hydrogen-bond donors (Lipinski definition) is 1. The van der Waals surface area contributed by atoms with E-state index < -0.39 is 18.0 Å². The Hall–Kier alpha value is -3.91. The number of carbonyl (C=O) groups is 3. The fraction of sp³-hybridized carbons (Fsp3) is 0.606. The smallest absolute Gasteiger partial charge is 0.276 e. The molecule has 2 saturated carbocycles. The van der Waals surface area contributed by atoms with Gasteiger partial charge in [-0.1, -0.05) is 6.07 Å². The Labute approximate surface area is 257 Å². The number of rotatable bonds is 8. The third-order valence-corrected chi connectivity index (χ3v) is 10.1. The molecule has 232 valence electrons. The summed E-state index contributed by atoms with van der Waals surface area (Å²) in [5.41, 5.74) is 2.31. The van der Waals surface area contributed by atoms with Crippen LogP contribution in [0.5, 0.6) is 5.75 Å². The van der Waals surface area contributed by atoms with Crippen LogP contribution in [0.2, 0.25) is 0 Å². The minimum atomic E-state index is -0.851. The van der Waals surface area contributed by atoms with Gasteiger partial charge in [0.15, 0.2) is 5.69 Å². The second kappa shape index (κ2) is 11.2. The van der Waals surface area contributed by atoms with Gasteiger partial charge in [0.1, 0.15) is 23.7 Å². The first kappa shape index (κ1) is 28.8. The molecule has 2 aromatic rings. The molecule has 0 unspecified atom stereocenters. The number of anilines is 1. The Balaban J connectivity index is 1.33. The third kappa shape index (κ3) is 4.74. The first-order valence-electron chi connectivity index (χ1n) is 16.1. The summed E-state index contributed by atoms with van der Waals surface area (Å²) in [4.78, 5) is 46.1. The van der Waals surface area contributed by atoms with Gasteiger partial charge in [-0.15, -0.1) is 0 Å². The highest BCUT2D eigenvalue weighted by Gasteiger charge is 2.57. The molecular formula is C33H40N6O5. The number of piperidine rings is 1. The lowest BCUT2D eigenvalue weighted by molar-refractivity contribution is -0.121. The molecule has 0 spiro atoms. The summed E-state index contributed by atoms with van der Waals surface area (Å²) >= 11 is 0. The molecule has 11 nitrogen and oxygen atoms in total. The van der Waals surface area contributed by atoms with Gasteiger partial charge >= 0.3 is 0 Å². The summed E-state index contributed by atoms with van der Waals surface area (Å²) in [5, 5.41) is 18.1. The van der Waals surface area contributed by atoms with E-state index in [0.717, 1.165) is 43.2 Å². The molecule has 7 rings (SSSR count). The fourth-order valence-electron chi connectivity index (χ4n) is 7.68. The highest BCUT2D eigenvalue weighted by molar-refractivity contribution is 6.07. The molecule has 1 N–H and O–H groups in total. The lowest BCUT2D eigenvalue weighted by Gasteiger charge is -2.39. The number of benzene rings is 1. The third-order valence-electron chi connectivity index (χ3n) is 10.1. The first-order chi connectivity index (χ1) is 21.4. The van der Waals surface area contributed by atoms with Crippen LogP contribution in [0.15, 0.2) is 18.2 Å². The van der Waals surface area contributed by atoms with E-state index in [2.05, 4.69) is 11.4 Å². The highest BCUT2D eigenvalue weighted by Crippen LogP contribution is 2.53. The van der Waals surface area contributed by atoms with Gasteiger partial charge in [0.05, 0.1) is 18.7 Å². The second-order valence-corrected chi connectivity index (χ2v) is 12.8. The van der Waals surface area contributed by atoms with Crippen LogP contribution in [-0.4, -0.2) is 76.9 Å². The van der Waals surface area contributed by atoms with Crippen molar-refractivity contribution in [3.63, 3.8) is 0 Å². The maximum absolute atomic E-state index is 14.5. The summed E-state index contributed by atoms with van der Waals surface area (Å²) in [6, 6.07) is 6.46. The lowest BCUT2D eigenvalue weighted by Crippen LogP contribution is -2.56. The number of hydrogen-bond acceptors (Lipinski definition) is 7. The molecule has 2 aliphatic carbocycles. The SMILES string of the molecule is CCOc1ccc(C)c(C(=O)N[C@@H]2C(=O)N(CC)c3c(c(C(=O)N4[C@H](C#N)C[C@H]5C[C@H]54)nn3C3CCOCC3)[C@@H]2C2CC2)c1. The normalized spacial score (nSPS) is 27.9. The minimum Gasteiger partial charge on any atom is -0.494 e. The molecule has 3 aliphatic heterocycles. The Morgan fingerprint density at radius 3 is 2.59 bits per heavy atom. The molecule has 1 aromatic carbocycles. The quantitative estimate of drug-likeness (QED) is 0.489. The van der Waals surface area contributed by atoms with Gasteiger partial charge in [-0.2, -0.15) is 10.4 Å². The molecule has 11 heteroatoms. The zero-order chi connectivity index (χ0) is 30.7. The van der Waals surface area contributed by atoms with Crippen LogP contribution >= 0.6 is 0 Å². The first-order valence-corrected chi connectivity index (χ1v) is 16.1. The summed E-state index contributed by atoms with van der Waals surface area (Å²) in [5.74, 6) is 0.608. The molecule has 4 fully saturated rings. The topological polar surface area (TPSA) is 130 Å². The number of likely N-dealkylation sites (N-methyl/N-ethyl adjacent to an activating group) is 1. The van der Waals surface area contributed by atoms with Crippen LogP contribution in [0.25, 0.3) is 0 Å². The van der Waals surface area contributed by atoms with E-state index >= 15 is 0 Å². The van der Waals surface area contributed by atoms with Crippen LogP contribution in [0.3, 0.4) is 0 Å². The van der Waals surface area contributed by atoms with Crippen molar-refractivity contribution in [1.29, 1.82) is 5.26 Å². The number of amides is 3. The molecule has 5 atom stereocenters. The van der Waals surface area contributed by atoms with Crippen molar-refractivity contribution in [1.82, 2.24) is 20.0 Å². The van der Waals surface area contributed by atoms with Gasteiger partial charge in [0.2, 0.25) is 0 Å². The number of nitrogens with zero attached hydrogens (tertiary/aromatic N) is 5. The van der Waals surface area contributed by atoms with Crippen molar-refractivity contribution in [2.75, 3.05) is 31.3 Å². The van der Waals surface area contributed by atoms with Crippen LogP contribution in [0.4, 0.5) is 5.82 Å². The largest absolute Gasteiger partial charge is 0.494 e. The average molecular weight is 601 g/mol. The monoisotopic (exact) mass is 600 g/mol. The van der Waals surface area contributed by atoms with E-state index in [9.17, 15) is 19.6 Å². The van der Waals surface area contributed by atoms with E-state index in [4.69, 9.17) is 14.6 Å². The van der Waals surface area contributed by atoms with Crippen molar-refractivity contribution in [3.8, 4) is 11.8 Å². The van der Waals surface area contributed by atoms with Gasteiger partial charge in [-0.25, -0.2) is 4.68 Å². The average Bonchev–Trinajstić information content (AvgIpc) is 3.95. The number of nitriles is 1. The number of fused-ring (bicyclic) bond motifs is 2. The molecule has 2 saturated heterocycles. The number of likely N-dealkylation sites (tertiary alicyclic amines) is 1. The molecule has 5 aliphatic rings. The number of aryl methyl sites for hydroxylation is 1. The molecule has 44 heavy (non-hydrogen) atoms. The summed E-state index contributed by atoms with van der Waals surface area (Å²) in [7, 11) is 0. The molecule has 1 aromatic heterocycles. The highest BCUT2D eigenvalue weighted by atomic mass is 16.5. The molecule has 0 bridgehead atoms. The number of aromatic nitrogens is 2. The molecule has 4 heterocycles. The standard InChI is InChI=1S/C33H40N6O5/c1-4-37-31-27(26(19-7-8-19)28(32(37)41)35-30(40)24-16-23(44-5-2)9-6-18(24)3)29(36-39(31)21-10-12-43-13-11-21)33(42)38-22(17-34)14-20-15-25(20)38/h6,9,16,19-22,25-26,28H,4-5,7-8,10-15H2,1-3H3,(H,35,40)/t20-,22-,25+,26-,28-/m0/s1. The Morgan fingerprint density at radius 1 is 1.14 bits per heavy atom. The second-order valence-electron chi connectivity index (χ2n) is 12.8. The number of carbonyl (C=O) groups excluding carboxylic acids is 3. The van der Waals surface area contributed by atoms with Crippen LogP contribution in [-0.2, 0) is 9.53 Å². The Morgan fingerprint density at radius 2 is 1.91 bits per heavy atom. The maximum atomic E-state index is 14.5. The van der Waals surface area contributed by atoms with Crippen LogP contribution < -0.4 is 15.0 Å². The zero-order valence-corrected chi connectivity index (χ0v) is 25.6. The van der Waals surface area contributed by atoms with Gasteiger partial charge in [-0.3, -0.25) is 19.3 Å². The summed E-state index contributed by atoms with van der Waals surface area (Å²) in [6.45, 7) is 7.68. The van der Waals surface area contributed by atoms with Crippen molar-refractivity contribution < 1.29 is 23.9 Å². The predicted octanol–water partition coefficient (Wildman–Crippen LogP) is 3.73. The van der Waals surface area contributed by atoms with Crippen molar-refractivity contribution in [3.05, 3.63) is 40.6 Å². The van der Waals surface area contributed by atoms with Crippen molar-refractivity contribution >= 4 is 23.5 Å². The van der Waals surface area contributed by atoms with E-state index in [-0.39, 0.29) is 35.7 Å². The zero-order valence-electron chi connectivity index (χ0n) is 25.6. The van der Waals surface area contributed by atoms with E-state index in [1.807, 2.05) is 37.6 Å². The minimum absolute atomic E-state index is 0.0186. The summed E-state index contributed by atoms with van der Waals surface area (Å²) < 4.78 is 13.2. The van der Waals surface area contributed by atoms with Crippen molar-refractivity contribution in [2.24, 2.45) is 11.8 Å². The van der Waals surface area contributed by atoms with E-state index in [1.165, 1.54) is 0 Å². The van der Waals surface area contributed by atoms with Gasteiger partial charge in [0.25, 0.3) is 17.7 Å². The fourth-order valence-corrected chi connectivity index (χ4v) is 7.68. The van der Waals surface area contributed by atoms with Crippen LogP contribution in [0.1, 0.15) is 96.3 Å². The Bertz CT molecular complexity index is 1540. The number of ether oxygens (including phenoxy) is 2. The molecule has 0 radical (unpaired) electrons. The van der Waals surface area contributed by atoms with Gasteiger partial charge in [0, 0.05) is 42.8 Å². The number of nitrogens with one attached hydrogen (secondary N) is 1. The lowest BCUT2D eigenvalue weighted by atomic mass is 9.82.